The third-order valence-corrected chi connectivity index (χ3v) is 3.40. The van der Waals surface area contributed by atoms with Crippen molar-refractivity contribution >= 4 is 5.91 Å². The molecule has 0 aliphatic heterocycles. The normalized spacial score (nSPS) is 12.3. The lowest BCUT2D eigenvalue weighted by Crippen LogP contribution is -2.30. The van der Waals surface area contributed by atoms with Crippen molar-refractivity contribution in [1.82, 2.24) is 29.9 Å². The number of aromatic nitrogens is 5. The van der Waals surface area contributed by atoms with E-state index in [1.54, 1.807) is 10.9 Å². The van der Waals surface area contributed by atoms with Crippen molar-refractivity contribution in [1.29, 1.82) is 0 Å². The van der Waals surface area contributed by atoms with Gasteiger partial charge in [-0.3, -0.25) is 9.48 Å². The van der Waals surface area contributed by atoms with E-state index in [4.69, 9.17) is 0 Å². The van der Waals surface area contributed by atoms with Gasteiger partial charge in [0.2, 0.25) is 5.91 Å². The van der Waals surface area contributed by atoms with Crippen molar-refractivity contribution < 1.29 is 4.79 Å². The number of carbonyl (C=O) groups is 1. The predicted octanol–water partition coefficient (Wildman–Crippen LogP) is 1.23. The molecule has 2 aromatic rings. The summed E-state index contributed by atoms with van der Waals surface area (Å²) in [5.74, 6) is 0.839. The summed E-state index contributed by atoms with van der Waals surface area (Å²) in [6.07, 6.45) is 7.18. The summed E-state index contributed by atoms with van der Waals surface area (Å²) in [5.41, 5.74) is 1.07. The molecule has 0 bridgehead atoms. The number of amides is 1. The first kappa shape index (κ1) is 15.2. The molecule has 0 fully saturated rings. The van der Waals surface area contributed by atoms with Crippen molar-refractivity contribution in [3.63, 3.8) is 0 Å². The Morgan fingerprint density at radius 1 is 1.38 bits per heavy atom. The molecule has 0 saturated heterocycles. The van der Waals surface area contributed by atoms with E-state index in [0.717, 1.165) is 24.4 Å². The van der Waals surface area contributed by atoms with Gasteiger partial charge in [-0.25, -0.2) is 9.67 Å². The van der Waals surface area contributed by atoms with E-state index in [0.29, 0.717) is 12.8 Å². The summed E-state index contributed by atoms with van der Waals surface area (Å²) < 4.78 is 3.56. The summed E-state index contributed by atoms with van der Waals surface area (Å²) in [5, 5.41) is 11.3. The van der Waals surface area contributed by atoms with Gasteiger partial charge in [0.1, 0.15) is 12.2 Å². The average Bonchev–Trinajstić information content (AvgIpc) is 3.11. The SMILES string of the molecule is CC[C@@H](NC(=O)CCc1cnn(C)c1)c1ncnn1CC. The van der Waals surface area contributed by atoms with E-state index in [9.17, 15) is 4.79 Å². The minimum absolute atomic E-state index is 0.0244. The smallest absolute Gasteiger partial charge is 0.220 e. The van der Waals surface area contributed by atoms with Gasteiger partial charge in [-0.1, -0.05) is 6.92 Å². The van der Waals surface area contributed by atoms with Gasteiger partial charge >= 0.3 is 0 Å². The van der Waals surface area contributed by atoms with Crippen molar-refractivity contribution in [2.75, 3.05) is 0 Å². The first-order chi connectivity index (χ1) is 10.1. The van der Waals surface area contributed by atoms with Gasteiger partial charge in [0.25, 0.3) is 0 Å². The van der Waals surface area contributed by atoms with Crippen LogP contribution in [-0.2, 0) is 24.8 Å². The van der Waals surface area contributed by atoms with Crippen LogP contribution in [0.15, 0.2) is 18.7 Å². The molecule has 1 N–H and O–H groups in total. The topological polar surface area (TPSA) is 77.6 Å². The van der Waals surface area contributed by atoms with E-state index in [1.807, 2.05) is 31.8 Å². The lowest BCUT2D eigenvalue weighted by molar-refractivity contribution is -0.121. The van der Waals surface area contributed by atoms with Crippen LogP contribution in [0.4, 0.5) is 0 Å². The molecule has 0 unspecified atom stereocenters. The van der Waals surface area contributed by atoms with Gasteiger partial charge in [-0.05, 0) is 25.3 Å². The second-order valence-corrected chi connectivity index (χ2v) is 4.98. The lowest BCUT2D eigenvalue weighted by atomic mass is 10.1. The van der Waals surface area contributed by atoms with E-state index in [2.05, 4.69) is 20.5 Å². The molecule has 0 aromatic carbocycles. The standard InChI is InChI=1S/C14H22N6O/c1-4-12(14-15-10-17-20(14)5-2)18-13(21)7-6-11-8-16-19(3)9-11/h8-10,12H,4-7H2,1-3H3,(H,18,21)/t12-/m1/s1. The molecule has 2 aromatic heterocycles. The zero-order valence-corrected chi connectivity index (χ0v) is 12.8. The number of nitrogens with zero attached hydrogens (tertiary/aromatic N) is 5. The van der Waals surface area contributed by atoms with Crippen LogP contribution < -0.4 is 5.32 Å². The third-order valence-electron chi connectivity index (χ3n) is 3.40. The molecule has 0 aliphatic rings. The molecule has 7 heteroatoms. The fraction of sp³-hybridized carbons (Fsp3) is 0.571. The third kappa shape index (κ3) is 3.90. The van der Waals surface area contributed by atoms with Crippen molar-refractivity contribution in [2.24, 2.45) is 7.05 Å². The summed E-state index contributed by atoms with van der Waals surface area (Å²) in [4.78, 5) is 16.3. The summed E-state index contributed by atoms with van der Waals surface area (Å²) in [6.45, 7) is 4.78. The van der Waals surface area contributed by atoms with Crippen LogP contribution in [0.25, 0.3) is 0 Å². The number of nitrogens with one attached hydrogen (secondary N) is 1. The first-order valence-corrected chi connectivity index (χ1v) is 7.28. The maximum absolute atomic E-state index is 12.1. The number of hydrogen-bond acceptors (Lipinski definition) is 4. The molecule has 1 atom stereocenters. The van der Waals surface area contributed by atoms with Crippen molar-refractivity contribution in [3.8, 4) is 0 Å². The Morgan fingerprint density at radius 3 is 2.81 bits per heavy atom. The monoisotopic (exact) mass is 290 g/mol. The lowest BCUT2D eigenvalue weighted by Gasteiger charge is -2.16. The van der Waals surface area contributed by atoms with Crippen LogP contribution in [0.1, 0.15) is 44.1 Å². The van der Waals surface area contributed by atoms with E-state index in [-0.39, 0.29) is 11.9 Å². The number of aryl methyl sites for hydroxylation is 3. The molecule has 114 valence electrons. The van der Waals surface area contributed by atoms with Crippen LogP contribution in [0, 0.1) is 0 Å². The van der Waals surface area contributed by atoms with Gasteiger partial charge in [0, 0.05) is 26.2 Å². The van der Waals surface area contributed by atoms with Crippen LogP contribution in [0.3, 0.4) is 0 Å². The van der Waals surface area contributed by atoms with Gasteiger partial charge in [0.05, 0.1) is 12.2 Å². The molecule has 0 spiro atoms. The Labute approximate surface area is 124 Å². The highest BCUT2D eigenvalue weighted by molar-refractivity contribution is 5.76. The van der Waals surface area contributed by atoms with Gasteiger partial charge in [-0.15, -0.1) is 0 Å². The van der Waals surface area contributed by atoms with Crippen LogP contribution >= 0.6 is 0 Å². The summed E-state index contributed by atoms with van der Waals surface area (Å²) in [7, 11) is 1.87. The number of carbonyl (C=O) groups excluding carboxylic acids is 1. The van der Waals surface area contributed by atoms with Crippen LogP contribution in [0.2, 0.25) is 0 Å². The van der Waals surface area contributed by atoms with Gasteiger partial charge < -0.3 is 5.32 Å². The Balaban J connectivity index is 1.91. The Morgan fingerprint density at radius 2 is 2.19 bits per heavy atom. The average molecular weight is 290 g/mol. The molecule has 2 heterocycles. The molecule has 0 radical (unpaired) electrons. The summed E-state index contributed by atoms with van der Waals surface area (Å²) >= 11 is 0. The molecule has 2 rings (SSSR count). The second kappa shape index (κ2) is 7.01. The molecular formula is C14H22N6O. The Hall–Kier alpha value is -2.18. The largest absolute Gasteiger partial charge is 0.346 e. The quantitative estimate of drug-likeness (QED) is 0.832. The van der Waals surface area contributed by atoms with Crippen molar-refractivity contribution in [2.45, 2.75) is 45.7 Å². The van der Waals surface area contributed by atoms with E-state index < -0.39 is 0 Å². The second-order valence-electron chi connectivity index (χ2n) is 4.98. The zero-order valence-electron chi connectivity index (χ0n) is 12.8. The van der Waals surface area contributed by atoms with Gasteiger partial charge in [0.15, 0.2) is 0 Å². The maximum Gasteiger partial charge on any atom is 0.220 e. The number of hydrogen-bond donors (Lipinski definition) is 1. The van der Waals surface area contributed by atoms with E-state index >= 15 is 0 Å². The highest BCUT2D eigenvalue weighted by atomic mass is 16.1. The fourth-order valence-electron chi connectivity index (χ4n) is 2.26. The molecule has 0 aliphatic carbocycles. The summed E-state index contributed by atoms with van der Waals surface area (Å²) in [6, 6.07) is -0.0890. The first-order valence-electron chi connectivity index (χ1n) is 7.28. The molecular weight excluding hydrogens is 268 g/mol. The molecule has 1 amide bonds. The van der Waals surface area contributed by atoms with Crippen LogP contribution in [0.5, 0.6) is 0 Å². The molecule has 7 nitrogen and oxygen atoms in total. The molecule has 0 saturated carbocycles. The molecule has 21 heavy (non-hydrogen) atoms. The van der Waals surface area contributed by atoms with Crippen LogP contribution in [-0.4, -0.2) is 30.5 Å². The minimum Gasteiger partial charge on any atom is -0.346 e. The minimum atomic E-state index is -0.0890. The Kier molecular flexibility index (Phi) is 5.08. The highest BCUT2D eigenvalue weighted by Gasteiger charge is 2.17. The van der Waals surface area contributed by atoms with Gasteiger partial charge in [-0.2, -0.15) is 10.2 Å². The zero-order chi connectivity index (χ0) is 15.2. The maximum atomic E-state index is 12.1. The number of rotatable bonds is 7. The Bertz CT molecular complexity index is 588. The highest BCUT2D eigenvalue weighted by Crippen LogP contribution is 2.14. The van der Waals surface area contributed by atoms with Crippen molar-refractivity contribution in [3.05, 3.63) is 30.1 Å². The predicted molar refractivity (Wildman–Crippen MR) is 78.4 cm³/mol. The fourth-order valence-corrected chi connectivity index (χ4v) is 2.26. The van der Waals surface area contributed by atoms with E-state index in [1.165, 1.54) is 6.33 Å².